The van der Waals surface area contributed by atoms with Crippen molar-refractivity contribution in [1.29, 1.82) is 0 Å². The van der Waals surface area contributed by atoms with E-state index in [1.165, 1.54) is 44.9 Å². The third-order valence-electron chi connectivity index (χ3n) is 3.75. The molecule has 0 radical (unpaired) electrons. The molecule has 3 N–H and O–H groups in total. The van der Waals surface area contributed by atoms with Crippen molar-refractivity contribution in [3.63, 3.8) is 0 Å². The molecule has 0 saturated heterocycles. The van der Waals surface area contributed by atoms with E-state index >= 15 is 0 Å². The van der Waals surface area contributed by atoms with Gasteiger partial charge in [0, 0.05) is 5.92 Å². The highest BCUT2D eigenvalue weighted by Crippen LogP contribution is 2.38. The zero-order valence-electron chi connectivity index (χ0n) is 9.71. The Morgan fingerprint density at radius 3 is 2.27 bits per heavy atom. The molecule has 2 unspecified atom stereocenters. The van der Waals surface area contributed by atoms with E-state index in [9.17, 15) is 0 Å². The lowest BCUT2D eigenvalue weighted by Gasteiger charge is -2.12. The molecule has 0 heterocycles. The van der Waals surface area contributed by atoms with Gasteiger partial charge < -0.3 is 5.43 Å². The van der Waals surface area contributed by atoms with E-state index in [1.54, 1.807) is 0 Å². The Labute approximate surface area is 92.5 Å². The van der Waals surface area contributed by atoms with Crippen molar-refractivity contribution in [2.45, 2.75) is 57.9 Å². The van der Waals surface area contributed by atoms with Crippen LogP contribution >= 0.6 is 0 Å². The average molecular weight is 209 g/mol. The van der Waals surface area contributed by atoms with Crippen LogP contribution < -0.4 is 11.3 Å². The smallest absolute Gasteiger partial charge is 0.114 e. The lowest BCUT2D eigenvalue weighted by molar-refractivity contribution is 0.579. The van der Waals surface area contributed by atoms with Gasteiger partial charge in [0.25, 0.3) is 0 Å². The number of nitrogens with zero attached hydrogens (tertiary/aromatic N) is 1. The first-order valence-corrected chi connectivity index (χ1v) is 6.35. The largest absolute Gasteiger partial charge is 0.312 e. The quantitative estimate of drug-likeness (QED) is 0.241. The molecule has 2 aliphatic carbocycles. The van der Waals surface area contributed by atoms with Crippen LogP contribution in [0.15, 0.2) is 4.99 Å². The summed E-state index contributed by atoms with van der Waals surface area (Å²) in [6.45, 7) is 2.27. The molecule has 0 aromatic rings. The zero-order valence-corrected chi connectivity index (χ0v) is 9.71. The predicted molar refractivity (Wildman–Crippen MR) is 63.5 cm³/mol. The van der Waals surface area contributed by atoms with Gasteiger partial charge in [0.15, 0.2) is 0 Å². The van der Waals surface area contributed by atoms with Crippen LogP contribution in [-0.2, 0) is 0 Å². The molecule has 2 fully saturated rings. The van der Waals surface area contributed by atoms with Gasteiger partial charge in [-0.25, -0.2) is 5.84 Å². The molecule has 0 spiro atoms. The van der Waals surface area contributed by atoms with Crippen LogP contribution in [0, 0.1) is 11.8 Å². The number of nitrogens with two attached hydrogens (primary N) is 1. The van der Waals surface area contributed by atoms with E-state index in [2.05, 4.69) is 12.3 Å². The molecule has 0 aromatic heterocycles. The van der Waals surface area contributed by atoms with Gasteiger partial charge in [-0.3, -0.25) is 4.99 Å². The third-order valence-corrected chi connectivity index (χ3v) is 3.75. The summed E-state index contributed by atoms with van der Waals surface area (Å²) in [5, 5.41) is 0. The predicted octanol–water partition coefficient (Wildman–Crippen LogP) is 2.23. The van der Waals surface area contributed by atoms with Gasteiger partial charge in [-0.15, -0.1) is 0 Å². The van der Waals surface area contributed by atoms with E-state index in [4.69, 9.17) is 10.8 Å². The van der Waals surface area contributed by atoms with Gasteiger partial charge in [-0.05, 0) is 25.2 Å². The Morgan fingerprint density at radius 2 is 1.80 bits per heavy atom. The number of amidine groups is 1. The normalized spacial score (nSPS) is 33.6. The number of rotatable bonds is 2. The van der Waals surface area contributed by atoms with Crippen molar-refractivity contribution in [2.75, 3.05) is 0 Å². The first-order chi connectivity index (χ1) is 7.31. The molecule has 3 heteroatoms. The van der Waals surface area contributed by atoms with Gasteiger partial charge in [0.1, 0.15) is 5.84 Å². The number of hydrazine groups is 1. The minimum absolute atomic E-state index is 0.534. The highest BCUT2D eigenvalue weighted by atomic mass is 15.3. The molecular formula is C12H23N3. The van der Waals surface area contributed by atoms with Crippen LogP contribution in [0.2, 0.25) is 0 Å². The summed E-state index contributed by atoms with van der Waals surface area (Å²) in [5.74, 6) is 8.02. The summed E-state index contributed by atoms with van der Waals surface area (Å²) < 4.78 is 0. The number of nitrogens with one attached hydrogen (secondary N) is 1. The van der Waals surface area contributed by atoms with E-state index in [-0.39, 0.29) is 0 Å². The van der Waals surface area contributed by atoms with Gasteiger partial charge in [0.2, 0.25) is 0 Å². The SMILES string of the molecule is CC1CC1C(=NC1CCCCCC1)NN. The zero-order chi connectivity index (χ0) is 10.7. The second kappa shape index (κ2) is 4.97. The minimum Gasteiger partial charge on any atom is -0.312 e. The van der Waals surface area contributed by atoms with Crippen molar-refractivity contribution >= 4 is 5.84 Å². The number of aliphatic imine (C=N–C) groups is 1. The van der Waals surface area contributed by atoms with E-state index in [0.29, 0.717) is 12.0 Å². The Balaban J connectivity index is 1.92. The summed E-state index contributed by atoms with van der Waals surface area (Å²) in [5.41, 5.74) is 2.81. The van der Waals surface area contributed by atoms with Crippen molar-refractivity contribution < 1.29 is 0 Å². The monoisotopic (exact) mass is 209 g/mol. The highest BCUT2D eigenvalue weighted by molar-refractivity contribution is 5.86. The Hall–Kier alpha value is -0.570. The lowest BCUT2D eigenvalue weighted by Crippen LogP contribution is -2.33. The van der Waals surface area contributed by atoms with Crippen LogP contribution in [0.25, 0.3) is 0 Å². The lowest BCUT2D eigenvalue weighted by atomic mass is 10.1. The third kappa shape index (κ3) is 2.94. The van der Waals surface area contributed by atoms with Gasteiger partial charge in [-0.1, -0.05) is 32.6 Å². The Bertz CT molecular complexity index is 229. The molecule has 2 aliphatic rings. The molecule has 2 saturated carbocycles. The standard InChI is InChI=1S/C12H23N3/c1-9-8-11(9)12(15-13)14-10-6-4-2-3-5-7-10/h9-11H,2-8,13H2,1H3,(H,14,15). The van der Waals surface area contributed by atoms with Gasteiger partial charge >= 0.3 is 0 Å². The fourth-order valence-electron chi connectivity index (χ4n) is 2.53. The maximum Gasteiger partial charge on any atom is 0.114 e. The van der Waals surface area contributed by atoms with E-state index < -0.39 is 0 Å². The Kier molecular flexibility index (Phi) is 3.62. The summed E-state index contributed by atoms with van der Waals surface area (Å²) in [6, 6.07) is 0.534. The molecule has 15 heavy (non-hydrogen) atoms. The summed E-state index contributed by atoms with van der Waals surface area (Å²) in [6.07, 6.45) is 9.22. The topological polar surface area (TPSA) is 50.4 Å². The molecule has 0 aromatic carbocycles. The number of hydrogen-bond donors (Lipinski definition) is 2. The maximum atomic E-state index is 5.55. The van der Waals surface area contributed by atoms with Crippen LogP contribution in [0.5, 0.6) is 0 Å². The molecule has 86 valence electrons. The fourth-order valence-corrected chi connectivity index (χ4v) is 2.53. The van der Waals surface area contributed by atoms with Crippen molar-refractivity contribution in [1.82, 2.24) is 5.43 Å². The maximum absolute atomic E-state index is 5.55. The Morgan fingerprint density at radius 1 is 1.20 bits per heavy atom. The summed E-state index contributed by atoms with van der Waals surface area (Å²) in [4.78, 5) is 4.81. The van der Waals surface area contributed by atoms with Gasteiger partial charge in [-0.2, -0.15) is 0 Å². The van der Waals surface area contributed by atoms with E-state index in [0.717, 1.165) is 11.8 Å². The van der Waals surface area contributed by atoms with Crippen LogP contribution in [-0.4, -0.2) is 11.9 Å². The molecule has 3 nitrogen and oxygen atoms in total. The summed E-state index contributed by atoms with van der Waals surface area (Å²) >= 11 is 0. The first kappa shape index (κ1) is 10.9. The van der Waals surface area contributed by atoms with Gasteiger partial charge in [0.05, 0.1) is 6.04 Å². The van der Waals surface area contributed by atoms with Crippen LogP contribution in [0.3, 0.4) is 0 Å². The molecule has 2 rings (SSSR count). The summed E-state index contributed by atoms with van der Waals surface area (Å²) in [7, 11) is 0. The first-order valence-electron chi connectivity index (χ1n) is 6.35. The second-order valence-electron chi connectivity index (χ2n) is 5.12. The minimum atomic E-state index is 0.534. The molecule has 2 atom stereocenters. The molecule has 0 aliphatic heterocycles. The van der Waals surface area contributed by atoms with Crippen LogP contribution in [0.4, 0.5) is 0 Å². The van der Waals surface area contributed by atoms with Crippen LogP contribution in [0.1, 0.15) is 51.9 Å². The van der Waals surface area contributed by atoms with Crippen molar-refractivity contribution in [3.8, 4) is 0 Å². The molecule has 0 amide bonds. The fraction of sp³-hybridized carbons (Fsp3) is 0.917. The molecular weight excluding hydrogens is 186 g/mol. The highest BCUT2D eigenvalue weighted by Gasteiger charge is 2.37. The van der Waals surface area contributed by atoms with Crippen molar-refractivity contribution in [2.24, 2.45) is 22.7 Å². The number of hydrogen-bond acceptors (Lipinski definition) is 2. The average Bonchev–Trinajstić information content (AvgIpc) is 2.98. The van der Waals surface area contributed by atoms with Crippen molar-refractivity contribution in [3.05, 3.63) is 0 Å². The van der Waals surface area contributed by atoms with E-state index in [1.807, 2.05) is 0 Å². The molecule has 0 bridgehead atoms. The second-order valence-corrected chi connectivity index (χ2v) is 5.12.